The van der Waals surface area contributed by atoms with E-state index < -0.39 is 4.92 Å². The van der Waals surface area contributed by atoms with Crippen LogP contribution in [0.5, 0.6) is 0 Å². The number of nitro benzene ring substituents is 1. The maximum Gasteiger partial charge on any atom is 0.270 e. The summed E-state index contributed by atoms with van der Waals surface area (Å²) in [4.78, 5) is 29.9. The summed E-state index contributed by atoms with van der Waals surface area (Å²) in [5, 5.41) is 10.7. The predicted molar refractivity (Wildman–Crippen MR) is 73.7 cm³/mol. The number of non-ortho nitro benzene ring substituents is 1. The number of hydrogen-bond donors (Lipinski definition) is 0. The fourth-order valence-electron chi connectivity index (χ4n) is 1.69. The van der Waals surface area contributed by atoms with E-state index in [1.54, 1.807) is 18.2 Å². The first-order valence-corrected chi connectivity index (χ1v) is 5.81. The molecule has 2 aromatic rings. The molecule has 1 heterocycles. The van der Waals surface area contributed by atoms with E-state index in [1.807, 2.05) is 0 Å². The van der Waals surface area contributed by atoms with E-state index in [9.17, 15) is 14.9 Å². The Hall–Kier alpha value is -2.89. The summed E-state index contributed by atoms with van der Waals surface area (Å²) >= 11 is 0. The number of rotatable bonds is 4. The van der Waals surface area contributed by atoms with E-state index in [1.165, 1.54) is 37.6 Å². The van der Waals surface area contributed by atoms with Crippen LogP contribution < -0.4 is 0 Å². The lowest BCUT2D eigenvalue weighted by Crippen LogP contribution is -1.99. The Kier molecular flexibility index (Phi) is 3.95. The zero-order valence-electron chi connectivity index (χ0n) is 10.7. The summed E-state index contributed by atoms with van der Waals surface area (Å²) < 4.78 is 0. The molecule has 0 atom stereocenters. The number of nitro groups is 1. The van der Waals surface area contributed by atoms with Crippen molar-refractivity contribution in [3.63, 3.8) is 0 Å². The molecule has 0 N–H and O–H groups in total. The molecule has 0 spiro atoms. The summed E-state index contributed by atoms with van der Waals surface area (Å²) in [6.45, 7) is 1.41. The zero-order valence-corrected chi connectivity index (χ0v) is 10.7. The Balaban J connectivity index is 2.47. The summed E-state index contributed by atoms with van der Waals surface area (Å²) in [7, 11) is 0. The van der Waals surface area contributed by atoms with Crippen molar-refractivity contribution in [1.29, 1.82) is 0 Å². The van der Waals surface area contributed by atoms with Crippen molar-refractivity contribution in [2.75, 3.05) is 0 Å². The van der Waals surface area contributed by atoms with E-state index in [2.05, 4.69) is 9.97 Å². The Morgan fingerprint density at radius 1 is 1.35 bits per heavy atom. The van der Waals surface area contributed by atoms with E-state index >= 15 is 0 Å². The lowest BCUT2D eigenvalue weighted by atomic mass is 10.0. The number of benzene rings is 1. The molecule has 0 aliphatic rings. The number of allylic oxidation sites excluding steroid dienone is 1. The molecule has 0 fully saturated rings. The number of carbonyl (C=O) groups excluding carboxylic acids is 1. The lowest BCUT2D eigenvalue weighted by Gasteiger charge is -2.02. The highest BCUT2D eigenvalue weighted by atomic mass is 16.6. The molecular formula is C14H11N3O3. The number of nitrogens with zero attached hydrogens (tertiary/aromatic N) is 3. The van der Waals surface area contributed by atoms with Gasteiger partial charge in [-0.25, -0.2) is 0 Å². The molecule has 20 heavy (non-hydrogen) atoms. The van der Waals surface area contributed by atoms with Crippen LogP contribution in [0, 0.1) is 10.1 Å². The molecule has 100 valence electrons. The third-order valence-corrected chi connectivity index (χ3v) is 2.61. The highest BCUT2D eigenvalue weighted by molar-refractivity contribution is 6.23. The van der Waals surface area contributed by atoms with E-state index in [4.69, 9.17) is 0 Å². The number of carbonyl (C=O) groups is 1. The highest BCUT2D eigenvalue weighted by Gasteiger charge is 2.10. The van der Waals surface area contributed by atoms with E-state index in [0.29, 0.717) is 16.8 Å². The molecule has 0 unspecified atom stereocenters. The Bertz CT molecular complexity index is 681. The fourth-order valence-corrected chi connectivity index (χ4v) is 1.69. The van der Waals surface area contributed by atoms with Gasteiger partial charge in [0, 0.05) is 30.1 Å². The second kappa shape index (κ2) is 5.83. The van der Waals surface area contributed by atoms with Crippen LogP contribution in [0.3, 0.4) is 0 Å². The molecule has 0 saturated heterocycles. The lowest BCUT2D eigenvalue weighted by molar-refractivity contribution is -0.384. The molecule has 0 saturated carbocycles. The normalized spacial score (nSPS) is 11.2. The average molecular weight is 269 g/mol. The molecule has 6 heteroatoms. The summed E-state index contributed by atoms with van der Waals surface area (Å²) in [6.07, 6.45) is 6.04. The van der Waals surface area contributed by atoms with Gasteiger partial charge >= 0.3 is 0 Å². The summed E-state index contributed by atoms with van der Waals surface area (Å²) in [5.74, 6) is -0.183. The molecule has 0 bridgehead atoms. The van der Waals surface area contributed by atoms with Crippen molar-refractivity contribution < 1.29 is 9.72 Å². The predicted octanol–water partition coefficient (Wildman–Crippen LogP) is 2.51. The van der Waals surface area contributed by atoms with Crippen LogP contribution in [0.15, 0.2) is 42.9 Å². The Morgan fingerprint density at radius 2 is 2.15 bits per heavy atom. The Labute approximate surface area is 115 Å². The maximum atomic E-state index is 11.7. The van der Waals surface area contributed by atoms with Crippen molar-refractivity contribution in [1.82, 2.24) is 9.97 Å². The summed E-state index contributed by atoms with van der Waals surface area (Å²) in [5.41, 5.74) is 1.33. The largest absolute Gasteiger partial charge is 0.294 e. The minimum atomic E-state index is -0.479. The third-order valence-electron chi connectivity index (χ3n) is 2.61. The van der Waals surface area contributed by atoms with E-state index in [0.717, 1.165) is 0 Å². The molecular weight excluding hydrogens is 258 g/mol. The first-order valence-electron chi connectivity index (χ1n) is 5.81. The van der Waals surface area contributed by atoms with Crippen LogP contribution in [-0.2, 0) is 4.79 Å². The first-order chi connectivity index (χ1) is 9.58. The van der Waals surface area contributed by atoms with Gasteiger partial charge in [0.05, 0.1) is 16.8 Å². The molecule has 0 amide bonds. The third kappa shape index (κ3) is 3.11. The van der Waals surface area contributed by atoms with Crippen LogP contribution in [-0.4, -0.2) is 20.7 Å². The molecule has 2 rings (SSSR count). The van der Waals surface area contributed by atoms with Crippen molar-refractivity contribution >= 4 is 23.1 Å². The van der Waals surface area contributed by atoms with Gasteiger partial charge in [-0.3, -0.25) is 24.9 Å². The zero-order chi connectivity index (χ0) is 14.5. The number of ketones is 1. The van der Waals surface area contributed by atoms with Crippen LogP contribution in [0.2, 0.25) is 0 Å². The molecule has 0 aliphatic carbocycles. The standard InChI is InChI=1S/C14H11N3O3/c1-10(18)13(14-9-15-5-6-16-14)8-11-3-2-4-12(7-11)17(19)20/h2-9H,1H3. The molecule has 1 aromatic heterocycles. The van der Waals surface area contributed by atoms with Gasteiger partial charge in [-0.1, -0.05) is 12.1 Å². The maximum absolute atomic E-state index is 11.7. The molecule has 0 radical (unpaired) electrons. The van der Waals surface area contributed by atoms with E-state index in [-0.39, 0.29) is 11.5 Å². The van der Waals surface area contributed by atoms with Gasteiger partial charge in [0.2, 0.25) is 0 Å². The van der Waals surface area contributed by atoms with Gasteiger partial charge in [0.15, 0.2) is 5.78 Å². The monoisotopic (exact) mass is 269 g/mol. The molecule has 0 aliphatic heterocycles. The summed E-state index contributed by atoms with van der Waals surface area (Å²) in [6, 6.07) is 6.05. The van der Waals surface area contributed by atoms with Crippen molar-refractivity contribution in [3.05, 3.63) is 64.2 Å². The van der Waals surface area contributed by atoms with Crippen LogP contribution >= 0.6 is 0 Å². The van der Waals surface area contributed by atoms with Crippen LogP contribution in [0.1, 0.15) is 18.2 Å². The number of hydrogen-bond acceptors (Lipinski definition) is 5. The quantitative estimate of drug-likeness (QED) is 0.483. The minimum absolute atomic E-state index is 0.0270. The van der Waals surface area contributed by atoms with Gasteiger partial charge < -0.3 is 0 Å². The fraction of sp³-hybridized carbons (Fsp3) is 0.0714. The van der Waals surface area contributed by atoms with Gasteiger partial charge in [0.1, 0.15) is 0 Å². The Morgan fingerprint density at radius 3 is 2.75 bits per heavy atom. The average Bonchev–Trinajstić information content (AvgIpc) is 2.45. The highest BCUT2D eigenvalue weighted by Crippen LogP contribution is 2.20. The van der Waals surface area contributed by atoms with Gasteiger partial charge in [-0.15, -0.1) is 0 Å². The molecule has 1 aromatic carbocycles. The van der Waals surface area contributed by atoms with Gasteiger partial charge in [0.25, 0.3) is 5.69 Å². The SMILES string of the molecule is CC(=O)C(=Cc1cccc([N+](=O)[O-])c1)c1cnccn1. The van der Waals surface area contributed by atoms with Crippen LogP contribution in [0.4, 0.5) is 5.69 Å². The van der Waals surface area contributed by atoms with Gasteiger partial charge in [-0.2, -0.15) is 0 Å². The van der Waals surface area contributed by atoms with Crippen molar-refractivity contribution in [2.45, 2.75) is 6.92 Å². The number of Topliss-reactive ketones (excluding diaryl/α,β-unsaturated/α-hetero) is 1. The topological polar surface area (TPSA) is 86.0 Å². The minimum Gasteiger partial charge on any atom is -0.294 e. The second-order valence-corrected chi connectivity index (χ2v) is 4.06. The van der Waals surface area contributed by atoms with Gasteiger partial charge in [-0.05, 0) is 18.6 Å². The second-order valence-electron chi connectivity index (χ2n) is 4.06. The first kappa shape index (κ1) is 13.5. The van der Waals surface area contributed by atoms with Crippen molar-refractivity contribution in [2.24, 2.45) is 0 Å². The molecule has 6 nitrogen and oxygen atoms in total. The van der Waals surface area contributed by atoms with Crippen molar-refractivity contribution in [3.8, 4) is 0 Å². The number of aromatic nitrogens is 2. The smallest absolute Gasteiger partial charge is 0.270 e. The van der Waals surface area contributed by atoms with Crippen LogP contribution in [0.25, 0.3) is 11.6 Å².